The molecule has 0 saturated carbocycles. The quantitative estimate of drug-likeness (QED) is 0.773. The Hall–Kier alpha value is -0.470. The number of hydrogen-bond donors (Lipinski definition) is 1. The van der Waals surface area contributed by atoms with Gasteiger partial charge < -0.3 is 5.32 Å². The predicted molar refractivity (Wildman–Crippen MR) is 82.3 cm³/mol. The maximum absolute atomic E-state index is 3.70. The number of thioether (sulfide) groups is 1. The van der Waals surface area contributed by atoms with E-state index in [2.05, 4.69) is 55.2 Å². The van der Waals surface area contributed by atoms with Gasteiger partial charge in [0.25, 0.3) is 0 Å². The highest BCUT2D eigenvalue weighted by atomic mass is 32.2. The van der Waals surface area contributed by atoms with Crippen LogP contribution in [-0.4, -0.2) is 17.5 Å². The second-order valence-corrected chi connectivity index (χ2v) is 6.38. The van der Waals surface area contributed by atoms with E-state index in [1.54, 1.807) is 11.1 Å². The van der Waals surface area contributed by atoms with Gasteiger partial charge >= 0.3 is 0 Å². The van der Waals surface area contributed by atoms with E-state index in [0.717, 1.165) is 11.8 Å². The Morgan fingerprint density at radius 2 is 2.11 bits per heavy atom. The maximum atomic E-state index is 3.70. The number of rotatable bonds is 6. The molecule has 2 atom stereocenters. The Kier molecular flexibility index (Phi) is 5.58. The van der Waals surface area contributed by atoms with Crippen LogP contribution in [0.3, 0.4) is 0 Å². The van der Waals surface area contributed by atoms with Crippen LogP contribution in [0.5, 0.6) is 0 Å². The fourth-order valence-electron chi connectivity index (χ4n) is 2.75. The van der Waals surface area contributed by atoms with Crippen LogP contribution in [0.25, 0.3) is 0 Å². The molecule has 2 heteroatoms. The van der Waals surface area contributed by atoms with E-state index < -0.39 is 0 Å². The zero-order chi connectivity index (χ0) is 12.8. The van der Waals surface area contributed by atoms with E-state index in [9.17, 15) is 0 Å². The van der Waals surface area contributed by atoms with Crippen LogP contribution in [0.4, 0.5) is 0 Å². The number of benzene rings is 1. The van der Waals surface area contributed by atoms with Gasteiger partial charge in [-0.15, -0.1) is 0 Å². The molecule has 0 aliphatic heterocycles. The molecule has 0 amide bonds. The summed E-state index contributed by atoms with van der Waals surface area (Å²) in [5, 5.41) is 4.45. The lowest BCUT2D eigenvalue weighted by Crippen LogP contribution is -2.34. The van der Waals surface area contributed by atoms with Crippen molar-refractivity contribution in [2.45, 2.75) is 50.8 Å². The molecule has 0 spiro atoms. The van der Waals surface area contributed by atoms with Crippen LogP contribution >= 0.6 is 11.8 Å². The van der Waals surface area contributed by atoms with Crippen molar-refractivity contribution in [3.05, 3.63) is 35.4 Å². The Morgan fingerprint density at radius 1 is 1.28 bits per heavy atom. The lowest BCUT2D eigenvalue weighted by molar-refractivity contribution is 0.484. The molecule has 1 aromatic rings. The van der Waals surface area contributed by atoms with Crippen molar-refractivity contribution in [2.75, 3.05) is 12.3 Å². The highest BCUT2D eigenvalue weighted by Crippen LogP contribution is 2.37. The van der Waals surface area contributed by atoms with Crippen LogP contribution in [0.1, 0.15) is 50.3 Å². The zero-order valence-electron chi connectivity index (χ0n) is 11.6. The van der Waals surface area contributed by atoms with Gasteiger partial charge in [0, 0.05) is 11.3 Å². The third kappa shape index (κ3) is 3.30. The Morgan fingerprint density at radius 3 is 2.89 bits per heavy atom. The molecule has 0 heterocycles. The number of unbranched alkanes of at least 4 members (excludes halogenated alkanes) is 1. The van der Waals surface area contributed by atoms with Crippen molar-refractivity contribution in [3.8, 4) is 0 Å². The minimum Gasteiger partial charge on any atom is -0.309 e. The van der Waals surface area contributed by atoms with Gasteiger partial charge in [-0.3, -0.25) is 0 Å². The maximum Gasteiger partial charge on any atom is 0.0443 e. The molecule has 2 rings (SSSR count). The van der Waals surface area contributed by atoms with Crippen LogP contribution < -0.4 is 5.32 Å². The summed E-state index contributed by atoms with van der Waals surface area (Å²) in [4.78, 5) is 0. The van der Waals surface area contributed by atoms with Crippen molar-refractivity contribution in [1.82, 2.24) is 5.32 Å². The number of fused-ring (bicyclic) bond motifs is 1. The summed E-state index contributed by atoms with van der Waals surface area (Å²) < 4.78 is 0. The normalized spacial score (nSPS) is 22.8. The molecule has 0 aromatic heterocycles. The standard InChI is InChI=1S/C16H25NS/c1-3-5-12-18-15-11-10-13-8-6-7-9-14(13)16(15)17-4-2/h6-9,15-17H,3-5,10-12H2,1-2H3. The van der Waals surface area contributed by atoms with E-state index in [-0.39, 0.29) is 0 Å². The predicted octanol–water partition coefficient (Wildman–Crippen LogP) is 4.19. The molecule has 0 bridgehead atoms. The smallest absolute Gasteiger partial charge is 0.0443 e. The molecule has 1 nitrogen and oxygen atoms in total. The van der Waals surface area contributed by atoms with E-state index in [1.807, 2.05) is 0 Å². The van der Waals surface area contributed by atoms with Gasteiger partial charge in [0.2, 0.25) is 0 Å². The van der Waals surface area contributed by atoms with E-state index in [4.69, 9.17) is 0 Å². The summed E-state index contributed by atoms with van der Waals surface area (Å²) >= 11 is 2.17. The fourth-order valence-corrected chi connectivity index (χ4v) is 4.23. The van der Waals surface area contributed by atoms with E-state index in [1.165, 1.54) is 31.4 Å². The molecule has 1 aromatic carbocycles. The first-order chi connectivity index (χ1) is 8.86. The summed E-state index contributed by atoms with van der Waals surface area (Å²) in [6.07, 6.45) is 5.23. The first-order valence-corrected chi connectivity index (χ1v) is 8.34. The molecule has 100 valence electrons. The van der Waals surface area contributed by atoms with Crippen LogP contribution in [-0.2, 0) is 6.42 Å². The fraction of sp³-hybridized carbons (Fsp3) is 0.625. The van der Waals surface area contributed by atoms with Gasteiger partial charge in [-0.25, -0.2) is 0 Å². The van der Waals surface area contributed by atoms with Crippen molar-refractivity contribution in [2.24, 2.45) is 0 Å². The van der Waals surface area contributed by atoms with Gasteiger partial charge in [-0.1, -0.05) is 44.5 Å². The molecule has 18 heavy (non-hydrogen) atoms. The van der Waals surface area contributed by atoms with Crippen LogP contribution in [0.2, 0.25) is 0 Å². The van der Waals surface area contributed by atoms with Gasteiger partial charge in [-0.2, -0.15) is 11.8 Å². The summed E-state index contributed by atoms with van der Waals surface area (Å²) in [6.45, 7) is 5.55. The van der Waals surface area contributed by atoms with Gasteiger partial charge in [-0.05, 0) is 42.7 Å². The first-order valence-electron chi connectivity index (χ1n) is 7.29. The van der Waals surface area contributed by atoms with Crippen molar-refractivity contribution in [3.63, 3.8) is 0 Å². The second-order valence-electron chi connectivity index (χ2n) is 5.04. The van der Waals surface area contributed by atoms with Gasteiger partial charge in [0.1, 0.15) is 0 Å². The molecule has 2 unspecified atom stereocenters. The molecular weight excluding hydrogens is 238 g/mol. The monoisotopic (exact) mass is 263 g/mol. The minimum atomic E-state index is 0.557. The topological polar surface area (TPSA) is 12.0 Å². The molecule has 1 N–H and O–H groups in total. The highest BCUT2D eigenvalue weighted by Gasteiger charge is 2.28. The number of hydrogen-bond acceptors (Lipinski definition) is 2. The lowest BCUT2D eigenvalue weighted by Gasteiger charge is -2.34. The Labute approximate surface area is 116 Å². The minimum absolute atomic E-state index is 0.557. The average molecular weight is 263 g/mol. The number of nitrogens with one attached hydrogen (secondary N) is 1. The molecule has 1 aliphatic carbocycles. The van der Waals surface area contributed by atoms with Gasteiger partial charge in [0.15, 0.2) is 0 Å². The molecule has 0 saturated heterocycles. The first kappa shape index (κ1) is 14.0. The average Bonchev–Trinajstić information content (AvgIpc) is 2.41. The summed E-state index contributed by atoms with van der Waals surface area (Å²) in [6, 6.07) is 9.53. The second kappa shape index (κ2) is 7.20. The molecule has 1 aliphatic rings. The summed E-state index contributed by atoms with van der Waals surface area (Å²) in [5.41, 5.74) is 3.09. The molecule has 0 fully saturated rings. The van der Waals surface area contributed by atoms with Crippen molar-refractivity contribution < 1.29 is 0 Å². The Balaban J connectivity index is 2.08. The SMILES string of the molecule is CCCCSC1CCc2ccccc2C1NCC. The molecule has 0 radical (unpaired) electrons. The Bertz CT molecular complexity index is 364. The van der Waals surface area contributed by atoms with E-state index in [0.29, 0.717) is 6.04 Å². The van der Waals surface area contributed by atoms with Crippen LogP contribution in [0, 0.1) is 0 Å². The summed E-state index contributed by atoms with van der Waals surface area (Å²) in [7, 11) is 0. The summed E-state index contributed by atoms with van der Waals surface area (Å²) in [5.74, 6) is 1.31. The number of aryl methyl sites for hydroxylation is 1. The van der Waals surface area contributed by atoms with Gasteiger partial charge in [0.05, 0.1) is 0 Å². The third-order valence-electron chi connectivity index (χ3n) is 3.71. The largest absolute Gasteiger partial charge is 0.309 e. The van der Waals surface area contributed by atoms with Crippen LogP contribution in [0.15, 0.2) is 24.3 Å². The van der Waals surface area contributed by atoms with E-state index >= 15 is 0 Å². The highest BCUT2D eigenvalue weighted by molar-refractivity contribution is 7.99. The third-order valence-corrected chi connectivity index (χ3v) is 5.17. The van der Waals surface area contributed by atoms with Crippen molar-refractivity contribution >= 4 is 11.8 Å². The molecular formula is C16H25NS. The lowest BCUT2D eigenvalue weighted by atomic mass is 9.87. The van der Waals surface area contributed by atoms with Crippen molar-refractivity contribution in [1.29, 1.82) is 0 Å². The zero-order valence-corrected chi connectivity index (χ0v) is 12.4.